The SMILES string of the molecule is CC(C)(C)c1csc(COc2ccc(C#N)cc2)n1. The maximum atomic E-state index is 8.72. The summed E-state index contributed by atoms with van der Waals surface area (Å²) >= 11 is 1.61. The Morgan fingerprint density at radius 3 is 2.47 bits per heavy atom. The van der Waals surface area contributed by atoms with Crippen molar-refractivity contribution in [3.05, 3.63) is 45.9 Å². The quantitative estimate of drug-likeness (QED) is 0.851. The largest absolute Gasteiger partial charge is 0.486 e. The monoisotopic (exact) mass is 272 g/mol. The summed E-state index contributed by atoms with van der Waals surface area (Å²) < 4.78 is 5.66. The molecule has 4 heteroatoms. The van der Waals surface area contributed by atoms with Gasteiger partial charge in [0.25, 0.3) is 0 Å². The molecular weight excluding hydrogens is 256 g/mol. The molecule has 1 aromatic carbocycles. The van der Waals surface area contributed by atoms with E-state index in [0.29, 0.717) is 12.2 Å². The van der Waals surface area contributed by atoms with Crippen LogP contribution in [0.2, 0.25) is 0 Å². The van der Waals surface area contributed by atoms with E-state index >= 15 is 0 Å². The molecule has 0 amide bonds. The number of rotatable bonds is 3. The van der Waals surface area contributed by atoms with Crippen LogP contribution in [0, 0.1) is 11.3 Å². The van der Waals surface area contributed by atoms with Crippen LogP contribution in [-0.4, -0.2) is 4.98 Å². The Bertz CT molecular complexity index is 588. The summed E-state index contributed by atoms with van der Waals surface area (Å²) in [5.74, 6) is 0.756. The molecule has 0 aliphatic heterocycles. The zero-order chi connectivity index (χ0) is 13.9. The third-order valence-electron chi connectivity index (χ3n) is 2.67. The van der Waals surface area contributed by atoms with Gasteiger partial charge < -0.3 is 4.74 Å². The van der Waals surface area contributed by atoms with E-state index in [1.807, 2.05) is 0 Å². The summed E-state index contributed by atoms with van der Waals surface area (Å²) in [6.07, 6.45) is 0. The van der Waals surface area contributed by atoms with Crippen LogP contribution in [0.3, 0.4) is 0 Å². The van der Waals surface area contributed by atoms with E-state index in [1.165, 1.54) is 0 Å². The topological polar surface area (TPSA) is 45.9 Å². The average molecular weight is 272 g/mol. The first-order chi connectivity index (χ1) is 8.99. The van der Waals surface area contributed by atoms with Gasteiger partial charge in [-0.05, 0) is 24.3 Å². The molecule has 0 bridgehead atoms. The fraction of sp³-hybridized carbons (Fsp3) is 0.333. The zero-order valence-electron chi connectivity index (χ0n) is 11.3. The van der Waals surface area contributed by atoms with Crippen LogP contribution in [0.4, 0.5) is 0 Å². The highest BCUT2D eigenvalue weighted by Gasteiger charge is 2.17. The second-order valence-corrected chi connectivity index (χ2v) is 6.24. The molecule has 0 fully saturated rings. The normalized spacial score (nSPS) is 11.1. The lowest BCUT2D eigenvalue weighted by molar-refractivity contribution is 0.305. The van der Waals surface area contributed by atoms with Crippen LogP contribution in [0.5, 0.6) is 5.75 Å². The van der Waals surface area contributed by atoms with Crippen LogP contribution < -0.4 is 4.74 Å². The molecule has 0 unspecified atom stereocenters. The Kier molecular flexibility index (Phi) is 3.87. The highest BCUT2D eigenvalue weighted by atomic mass is 32.1. The van der Waals surface area contributed by atoms with Crippen molar-refractivity contribution >= 4 is 11.3 Å². The van der Waals surface area contributed by atoms with E-state index in [-0.39, 0.29) is 5.41 Å². The van der Waals surface area contributed by atoms with Gasteiger partial charge in [-0.3, -0.25) is 0 Å². The lowest BCUT2D eigenvalue weighted by Gasteiger charge is -2.14. The second-order valence-electron chi connectivity index (χ2n) is 5.30. The predicted octanol–water partition coefficient (Wildman–Crippen LogP) is 3.89. The Hall–Kier alpha value is -1.86. The maximum absolute atomic E-state index is 8.72. The summed E-state index contributed by atoms with van der Waals surface area (Å²) in [5, 5.41) is 11.8. The molecule has 0 radical (unpaired) electrons. The van der Waals surface area contributed by atoms with Crippen molar-refractivity contribution in [3.8, 4) is 11.8 Å². The summed E-state index contributed by atoms with van der Waals surface area (Å²) in [5.41, 5.74) is 1.80. The van der Waals surface area contributed by atoms with Crippen LogP contribution in [0.15, 0.2) is 29.6 Å². The van der Waals surface area contributed by atoms with Crippen molar-refractivity contribution in [1.29, 1.82) is 5.26 Å². The van der Waals surface area contributed by atoms with E-state index in [1.54, 1.807) is 35.6 Å². The minimum absolute atomic E-state index is 0.0726. The molecular formula is C15H16N2OS. The van der Waals surface area contributed by atoms with Crippen LogP contribution in [0.1, 0.15) is 37.0 Å². The van der Waals surface area contributed by atoms with E-state index in [0.717, 1.165) is 16.5 Å². The van der Waals surface area contributed by atoms with Crippen LogP contribution in [0.25, 0.3) is 0 Å². The van der Waals surface area contributed by atoms with Gasteiger partial charge in [0.2, 0.25) is 0 Å². The van der Waals surface area contributed by atoms with E-state index in [2.05, 4.69) is 37.2 Å². The van der Waals surface area contributed by atoms with Crippen molar-refractivity contribution in [2.75, 3.05) is 0 Å². The Morgan fingerprint density at radius 1 is 1.26 bits per heavy atom. The zero-order valence-corrected chi connectivity index (χ0v) is 12.1. The number of nitrogens with zero attached hydrogens (tertiary/aromatic N) is 2. The molecule has 0 N–H and O–H groups in total. The molecule has 98 valence electrons. The highest BCUT2D eigenvalue weighted by molar-refractivity contribution is 7.09. The molecule has 3 nitrogen and oxygen atoms in total. The third-order valence-corrected chi connectivity index (χ3v) is 3.49. The minimum atomic E-state index is 0.0726. The first kappa shape index (κ1) is 13.6. The molecule has 0 aliphatic rings. The number of thiazole rings is 1. The maximum Gasteiger partial charge on any atom is 0.140 e. The number of nitriles is 1. The molecule has 1 heterocycles. The molecule has 0 spiro atoms. The van der Waals surface area contributed by atoms with Crippen molar-refractivity contribution in [2.45, 2.75) is 32.8 Å². The fourth-order valence-electron chi connectivity index (χ4n) is 1.49. The van der Waals surface area contributed by atoms with Gasteiger partial charge in [0.15, 0.2) is 0 Å². The minimum Gasteiger partial charge on any atom is -0.486 e. The summed E-state index contributed by atoms with van der Waals surface area (Å²) in [6, 6.07) is 9.18. The summed E-state index contributed by atoms with van der Waals surface area (Å²) in [7, 11) is 0. The average Bonchev–Trinajstić information content (AvgIpc) is 2.86. The van der Waals surface area contributed by atoms with E-state index in [4.69, 9.17) is 10.00 Å². The number of hydrogen-bond acceptors (Lipinski definition) is 4. The molecule has 2 rings (SSSR count). The van der Waals surface area contributed by atoms with Gasteiger partial charge in [-0.25, -0.2) is 4.98 Å². The van der Waals surface area contributed by atoms with Gasteiger partial charge in [0.05, 0.1) is 17.3 Å². The van der Waals surface area contributed by atoms with Gasteiger partial charge in [-0.2, -0.15) is 5.26 Å². The second kappa shape index (κ2) is 5.41. The fourth-order valence-corrected chi connectivity index (χ4v) is 2.42. The van der Waals surface area contributed by atoms with Crippen molar-refractivity contribution in [1.82, 2.24) is 4.98 Å². The first-order valence-corrected chi connectivity index (χ1v) is 6.95. The van der Waals surface area contributed by atoms with Crippen molar-refractivity contribution in [2.24, 2.45) is 0 Å². The molecule has 1 aromatic heterocycles. The molecule has 19 heavy (non-hydrogen) atoms. The van der Waals surface area contributed by atoms with Crippen LogP contribution in [-0.2, 0) is 12.0 Å². The summed E-state index contributed by atoms with van der Waals surface area (Å²) in [6.45, 7) is 6.90. The Balaban J connectivity index is 1.99. The van der Waals surface area contributed by atoms with Crippen molar-refractivity contribution in [3.63, 3.8) is 0 Å². The third kappa shape index (κ3) is 3.55. The van der Waals surface area contributed by atoms with Gasteiger partial charge in [-0.1, -0.05) is 20.8 Å². The Morgan fingerprint density at radius 2 is 1.95 bits per heavy atom. The molecule has 0 saturated heterocycles. The molecule has 0 saturated carbocycles. The van der Waals surface area contributed by atoms with Gasteiger partial charge in [0, 0.05) is 10.8 Å². The highest BCUT2D eigenvalue weighted by Crippen LogP contribution is 2.24. The van der Waals surface area contributed by atoms with Gasteiger partial charge in [-0.15, -0.1) is 11.3 Å². The van der Waals surface area contributed by atoms with E-state index < -0.39 is 0 Å². The van der Waals surface area contributed by atoms with E-state index in [9.17, 15) is 0 Å². The number of hydrogen-bond donors (Lipinski definition) is 0. The number of aromatic nitrogens is 1. The molecule has 0 aliphatic carbocycles. The predicted molar refractivity (Wildman–Crippen MR) is 76.3 cm³/mol. The number of ether oxygens (including phenoxy) is 1. The molecule has 2 aromatic rings. The summed E-state index contributed by atoms with van der Waals surface area (Å²) in [4.78, 5) is 4.57. The smallest absolute Gasteiger partial charge is 0.140 e. The standard InChI is InChI=1S/C15H16N2OS/c1-15(2,3)13-10-19-14(17-13)9-18-12-6-4-11(8-16)5-7-12/h4-7,10H,9H2,1-3H3. The lowest BCUT2D eigenvalue weighted by atomic mass is 9.93. The number of benzene rings is 1. The Labute approximate surface area is 117 Å². The van der Waals surface area contributed by atoms with Crippen LogP contribution >= 0.6 is 11.3 Å². The van der Waals surface area contributed by atoms with Gasteiger partial charge in [0.1, 0.15) is 17.4 Å². The molecule has 0 atom stereocenters. The lowest BCUT2D eigenvalue weighted by Crippen LogP contribution is -2.11. The van der Waals surface area contributed by atoms with Gasteiger partial charge >= 0.3 is 0 Å². The van der Waals surface area contributed by atoms with Crippen molar-refractivity contribution < 1.29 is 4.74 Å². The first-order valence-electron chi connectivity index (χ1n) is 6.07.